The number of rotatable bonds is 2. The van der Waals surface area contributed by atoms with Gasteiger partial charge in [0.2, 0.25) is 8.32 Å². The van der Waals surface area contributed by atoms with Crippen LogP contribution in [0.15, 0.2) is 28.7 Å². The van der Waals surface area contributed by atoms with E-state index >= 15 is 0 Å². The molecule has 1 nitrogen and oxygen atoms in total. The fourth-order valence-electron chi connectivity index (χ4n) is 6.03. The Kier molecular flexibility index (Phi) is 4.06. The molecule has 0 heterocycles. The van der Waals surface area contributed by atoms with Crippen molar-refractivity contribution in [3.63, 3.8) is 0 Å². The molecule has 5 aliphatic rings. The second kappa shape index (κ2) is 5.61. The highest BCUT2D eigenvalue weighted by atomic mass is 79.9. The second-order valence-electron chi connectivity index (χ2n) is 10.8. The fraction of sp³-hybridized carbons (Fsp3) is 0.727. The van der Waals surface area contributed by atoms with Crippen LogP contribution >= 0.6 is 15.9 Å². The molecule has 5 saturated carbocycles. The first-order chi connectivity index (χ1) is 11.5. The van der Waals surface area contributed by atoms with Crippen LogP contribution in [0.4, 0.5) is 0 Å². The van der Waals surface area contributed by atoms with Gasteiger partial charge in [-0.05, 0) is 104 Å². The van der Waals surface area contributed by atoms with E-state index in [2.05, 4.69) is 49.8 Å². The number of halogens is 1. The lowest BCUT2D eigenvalue weighted by Gasteiger charge is -2.36. The third-order valence-electron chi connectivity index (χ3n) is 8.05. The Morgan fingerprint density at radius 2 is 1.44 bits per heavy atom. The molecule has 0 unspecified atom stereocenters. The predicted molar refractivity (Wildman–Crippen MR) is 112 cm³/mol. The summed E-state index contributed by atoms with van der Waals surface area (Å²) in [6.45, 7) is 11.3. The van der Waals surface area contributed by atoms with Gasteiger partial charge in [-0.15, -0.1) is 0 Å². The van der Waals surface area contributed by atoms with Crippen LogP contribution in [-0.4, -0.2) is 8.32 Å². The van der Waals surface area contributed by atoms with E-state index in [0.717, 1.165) is 21.1 Å². The van der Waals surface area contributed by atoms with Gasteiger partial charge in [-0.25, -0.2) is 0 Å². The highest BCUT2D eigenvalue weighted by Crippen LogP contribution is 2.87. The van der Waals surface area contributed by atoms with Crippen molar-refractivity contribution in [2.24, 2.45) is 22.7 Å². The van der Waals surface area contributed by atoms with Crippen molar-refractivity contribution in [1.82, 2.24) is 0 Å². The summed E-state index contributed by atoms with van der Waals surface area (Å²) in [7, 11) is -1.68. The van der Waals surface area contributed by atoms with Gasteiger partial charge in [-0.2, -0.15) is 0 Å². The number of benzene rings is 1. The van der Waals surface area contributed by atoms with Crippen molar-refractivity contribution in [1.29, 1.82) is 0 Å². The number of hydrogen-bond donors (Lipinski definition) is 0. The lowest BCUT2D eigenvalue weighted by molar-refractivity contribution is 0.199. The van der Waals surface area contributed by atoms with Crippen molar-refractivity contribution < 1.29 is 4.43 Å². The van der Waals surface area contributed by atoms with Gasteiger partial charge in [0.15, 0.2) is 0 Å². The molecule has 3 heteroatoms. The van der Waals surface area contributed by atoms with Crippen molar-refractivity contribution in [3.8, 4) is 5.75 Å². The molecular formula is C22H33BrOSi. The Morgan fingerprint density at radius 1 is 0.960 bits per heavy atom. The summed E-state index contributed by atoms with van der Waals surface area (Å²) in [5.41, 5.74) is 1.95. The zero-order valence-corrected chi connectivity index (χ0v) is 19.1. The van der Waals surface area contributed by atoms with Crippen LogP contribution < -0.4 is 4.43 Å². The maximum absolute atomic E-state index is 6.14. The van der Waals surface area contributed by atoms with Crippen LogP contribution in [0.25, 0.3) is 0 Å². The molecule has 5 aliphatic carbocycles. The molecule has 0 aliphatic heterocycles. The molecule has 0 N–H and O–H groups in total. The molecule has 1 aromatic carbocycles. The summed E-state index contributed by atoms with van der Waals surface area (Å²) in [5, 5.41) is 0.250. The lowest BCUT2D eigenvalue weighted by atomic mass is 9.74. The van der Waals surface area contributed by atoms with Crippen LogP contribution in [0.5, 0.6) is 5.75 Å². The Balaban J connectivity index is 0.000000133. The molecule has 25 heavy (non-hydrogen) atoms. The number of hydrogen-bond acceptors (Lipinski definition) is 1. The minimum absolute atomic E-state index is 0.250. The molecule has 0 atom stereocenters. The SMILES string of the molecule is C1C2CC34CC1CC3(C2)C4.CC(C)(C)[Si](C)(C)Oc1ccc(Br)cc1. The molecule has 138 valence electrons. The molecule has 0 saturated heterocycles. The van der Waals surface area contributed by atoms with Crippen molar-refractivity contribution >= 4 is 24.2 Å². The first-order valence-electron chi connectivity index (χ1n) is 9.99. The monoisotopic (exact) mass is 420 g/mol. The van der Waals surface area contributed by atoms with E-state index in [0.29, 0.717) is 0 Å². The smallest absolute Gasteiger partial charge is 0.250 e. The first-order valence-corrected chi connectivity index (χ1v) is 13.7. The van der Waals surface area contributed by atoms with Crippen LogP contribution in [0.3, 0.4) is 0 Å². The standard InChI is InChI=1S/C12H19BrOSi.C10H14/c1-12(2,3)15(4,5)14-11-8-6-10(13)7-9-11;1-7-2-9-4-8(1)5-10(9,3-7)6-9/h6-9H,1-5H3;7-8H,1-6H2. The minimum Gasteiger partial charge on any atom is -0.544 e. The third-order valence-corrected chi connectivity index (χ3v) is 12.9. The average molecular weight is 421 g/mol. The van der Waals surface area contributed by atoms with E-state index in [1.54, 1.807) is 38.5 Å². The van der Waals surface area contributed by atoms with Crippen LogP contribution in [0, 0.1) is 22.7 Å². The van der Waals surface area contributed by atoms with E-state index in [1.807, 2.05) is 24.3 Å². The van der Waals surface area contributed by atoms with Gasteiger partial charge in [0, 0.05) is 4.47 Å². The van der Waals surface area contributed by atoms with Gasteiger partial charge in [-0.1, -0.05) is 36.7 Å². The molecule has 0 amide bonds. The van der Waals surface area contributed by atoms with Gasteiger partial charge < -0.3 is 4.43 Å². The minimum atomic E-state index is -1.68. The molecule has 2 spiro atoms. The highest BCUT2D eigenvalue weighted by Gasteiger charge is 2.77. The van der Waals surface area contributed by atoms with Crippen molar-refractivity contribution in [3.05, 3.63) is 28.7 Å². The maximum Gasteiger partial charge on any atom is 0.250 e. The summed E-state index contributed by atoms with van der Waals surface area (Å²) in [4.78, 5) is 0. The van der Waals surface area contributed by atoms with E-state index < -0.39 is 8.32 Å². The Morgan fingerprint density at radius 3 is 1.84 bits per heavy atom. The summed E-state index contributed by atoms with van der Waals surface area (Å²) < 4.78 is 7.23. The maximum atomic E-state index is 6.14. The van der Waals surface area contributed by atoms with E-state index in [1.165, 1.54) is 11.8 Å². The third kappa shape index (κ3) is 3.03. The average Bonchev–Trinajstić information content (AvgIpc) is 2.86. The topological polar surface area (TPSA) is 9.23 Å². The Labute approximate surface area is 163 Å². The van der Waals surface area contributed by atoms with Crippen LogP contribution in [0.2, 0.25) is 18.1 Å². The quantitative estimate of drug-likeness (QED) is 0.452. The van der Waals surface area contributed by atoms with Crippen LogP contribution in [-0.2, 0) is 0 Å². The summed E-state index contributed by atoms with van der Waals surface area (Å²) >= 11 is 3.42. The Hall–Kier alpha value is -0.283. The fourth-order valence-corrected chi connectivity index (χ4v) is 7.33. The predicted octanol–water partition coefficient (Wildman–Crippen LogP) is 7.42. The molecule has 6 rings (SSSR count). The molecule has 0 radical (unpaired) electrons. The van der Waals surface area contributed by atoms with Crippen LogP contribution in [0.1, 0.15) is 59.3 Å². The molecule has 4 bridgehead atoms. The van der Waals surface area contributed by atoms with Gasteiger partial charge >= 0.3 is 0 Å². The van der Waals surface area contributed by atoms with Crippen molar-refractivity contribution in [2.75, 3.05) is 0 Å². The summed E-state index contributed by atoms with van der Waals surface area (Å²) in [5.74, 6) is 3.37. The first kappa shape index (κ1) is 18.1. The highest BCUT2D eigenvalue weighted by molar-refractivity contribution is 9.10. The van der Waals surface area contributed by atoms with Gasteiger partial charge in [0.1, 0.15) is 5.75 Å². The zero-order chi connectivity index (χ0) is 18.1. The van der Waals surface area contributed by atoms with E-state index in [9.17, 15) is 0 Å². The zero-order valence-electron chi connectivity index (χ0n) is 16.5. The van der Waals surface area contributed by atoms with Crippen molar-refractivity contribution in [2.45, 2.75) is 77.4 Å². The molecule has 1 aromatic rings. The summed E-state index contributed by atoms with van der Waals surface area (Å²) in [6.07, 6.45) is 9.83. The largest absolute Gasteiger partial charge is 0.544 e. The lowest BCUT2D eigenvalue weighted by Crippen LogP contribution is -2.43. The molecule has 5 fully saturated rings. The normalized spacial score (nSPS) is 37.4. The van der Waals surface area contributed by atoms with Gasteiger partial charge in [-0.3, -0.25) is 0 Å². The van der Waals surface area contributed by atoms with E-state index in [4.69, 9.17) is 4.43 Å². The molecule has 0 aromatic heterocycles. The molecular weight excluding hydrogens is 388 g/mol. The van der Waals surface area contributed by atoms with Gasteiger partial charge in [0.25, 0.3) is 0 Å². The Bertz CT molecular complexity index is 624. The van der Waals surface area contributed by atoms with E-state index in [-0.39, 0.29) is 5.04 Å². The second-order valence-corrected chi connectivity index (χ2v) is 16.5. The van der Waals surface area contributed by atoms with Gasteiger partial charge in [0.05, 0.1) is 0 Å². The summed E-state index contributed by atoms with van der Waals surface area (Å²) in [6, 6.07) is 8.07.